The quantitative estimate of drug-likeness (QED) is 0.553. The Kier molecular flexibility index (Phi) is 5.02. The van der Waals surface area contributed by atoms with Crippen molar-refractivity contribution in [3.05, 3.63) is 83.1 Å². The van der Waals surface area contributed by atoms with Gasteiger partial charge in [-0.2, -0.15) is 16.3 Å². The highest BCUT2D eigenvalue weighted by molar-refractivity contribution is 7.08. The molecule has 6 nitrogen and oxygen atoms in total. The Morgan fingerprint density at radius 2 is 1.59 bits per heavy atom. The fourth-order valence-corrected chi connectivity index (χ4v) is 3.41. The van der Waals surface area contributed by atoms with Gasteiger partial charge in [0, 0.05) is 29.4 Å². The van der Waals surface area contributed by atoms with E-state index < -0.39 is 0 Å². The molecule has 0 aromatic carbocycles. The molecule has 0 aliphatic heterocycles. The molecule has 0 saturated carbocycles. The van der Waals surface area contributed by atoms with Gasteiger partial charge in [-0.25, -0.2) is 4.98 Å². The number of nitrogen functional groups attached to an aromatic ring is 1. The lowest BCUT2D eigenvalue weighted by atomic mass is 10.2. The Morgan fingerprint density at radius 1 is 0.889 bits per heavy atom. The van der Waals surface area contributed by atoms with Crippen LogP contribution in [0.15, 0.2) is 71.7 Å². The molecule has 0 radical (unpaired) electrons. The lowest BCUT2D eigenvalue weighted by molar-refractivity contribution is 0.751. The summed E-state index contributed by atoms with van der Waals surface area (Å²) in [5, 5.41) is 4.07. The fraction of sp³-hybridized carbons (Fsp3) is 0.100. The molecule has 134 valence electrons. The molecule has 2 N–H and O–H groups in total. The summed E-state index contributed by atoms with van der Waals surface area (Å²) in [4.78, 5) is 19.9. The molecule has 7 heteroatoms. The summed E-state index contributed by atoms with van der Waals surface area (Å²) in [5.74, 6) is 1.00. The van der Waals surface area contributed by atoms with Crippen molar-refractivity contribution >= 4 is 23.1 Å². The minimum absolute atomic E-state index is 0.251. The summed E-state index contributed by atoms with van der Waals surface area (Å²) >= 11 is 1.62. The van der Waals surface area contributed by atoms with E-state index in [1.54, 1.807) is 23.7 Å². The van der Waals surface area contributed by atoms with Gasteiger partial charge < -0.3 is 10.6 Å². The average molecular weight is 374 g/mol. The Labute approximate surface area is 161 Å². The molecule has 4 rings (SSSR count). The second kappa shape index (κ2) is 7.92. The van der Waals surface area contributed by atoms with Gasteiger partial charge in [-0.3, -0.25) is 9.97 Å². The van der Waals surface area contributed by atoms with Crippen molar-refractivity contribution in [1.82, 2.24) is 19.9 Å². The topological polar surface area (TPSA) is 80.8 Å². The zero-order valence-electron chi connectivity index (χ0n) is 14.6. The maximum atomic E-state index is 6.01. The summed E-state index contributed by atoms with van der Waals surface area (Å²) in [5.41, 5.74) is 9.75. The SMILES string of the molecule is Nc1nc(-c2ccsc2)cc(N(Cc2ccccn2)Cc2ccccn2)n1. The van der Waals surface area contributed by atoms with E-state index >= 15 is 0 Å². The first-order chi connectivity index (χ1) is 13.3. The van der Waals surface area contributed by atoms with Gasteiger partial charge in [0.1, 0.15) is 5.82 Å². The van der Waals surface area contributed by atoms with Crippen molar-refractivity contribution < 1.29 is 0 Å². The van der Waals surface area contributed by atoms with Crippen molar-refractivity contribution in [1.29, 1.82) is 0 Å². The predicted octanol–water partition coefficient (Wildman–Crippen LogP) is 3.78. The Morgan fingerprint density at radius 3 is 2.15 bits per heavy atom. The summed E-state index contributed by atoms with van der Waals surface area (Å²) in [7, 11) is 0. The lowest BCUT2D eigenvalue weighted by Gasteiger charge is -2.23. The molecule has 0 atom stereocenters. The Balaban J connectivity index is 1.71. The zero-order chi connectivity index (χ0) is 18.5. The molecule has 0 aliphatic carbocycles. The molecule has 0 amide bonds. The molecule has 0 fully saturated rings. The standard InChI is InChI=1S/C20H18N6S/c21-20-24-18(15-7-10-27-14-15)11-19(25-20)26(12-16-5-1-3-8-22-16)13-17-6-2-4-9-23-17/h1-11,14H,12-13H2,(H2,21,24,25). The van der Waals surface area contributed by atoms with E-state index in [1.807, 2.05) is 59.3 Å². The third kappa shape index (κ3) is 4.27. The number of hydrogen-bond acceptors (Lipinski definition) is 7. The summed E-state index contributed by atoms with van der Waals surface area (Å²) in [6.07, 6.45) is 3.58. The van der Waals surface area contributed by atoms with Crippen LogP contribution < -0.4 is 10.6 Å². The Bertz CT molecular complexity index is 948. The highest BCUT2D eigenvalue weighted by atomic mass is 32.1. The lowest BCUT2D eigenvalue weighted by Crippen LogP contribution is -2.24. The van der Waals surface area contributed by atoms with Crippen LogP contribution in [0.1, 0.15) is 11.4 Å². The van der Waals surface area contributed by atoms with Crippen LogP contribution in [0, 0.1) is 0 Å². The van der Waals surface area contributed by atoms with Gasteiger partial charge in [0.15, 0.2) is 0 Å². The van der Waals surface area contributed by atoms with E-state index in [9.17, 15) is 0 Å². The molecule has 0 saturated heterocycles. The van der Waals surface area contributed by atoms with Crippen molar-refractivity contribution in [3.8, 4) is 11.3 Å². The third-order valence-electron chi connectivity index (χ3n) is 4.03. The van der Waals surface area contributed by atoms with Crippen LogP contribution in [0.4, 0.5) is 11.8 Å². The van der Waals surface area contributed by atoms with Crippen LogP contribution in [0.25, 0.3) is 11.3 Å². The number of thiophene rings is 1. The normalized spacial score (nSPS) is 10.7. The molecule has 4 aromatic rings. The van der Waals surface area contributed by atoms with Crippen molar-refractivity contribution in [2.24, 2.45) is 0 Å². The minimum atomic E-state index is 0.251. The number of nitrogens with two attached hydrogens (primary N) is 1. The summed E-state index contributed by atoms with van der Waals surface area (Å²) in [6, 6.07) is 15.8. The van der Waals surface area contributed by atoms with Gasteiger partial charge in [-0.15, -0.1) is 0 Å². The van der Waals surface area contributed by atoms with E-state index in [-0.39, 0.29) is 5.95 Å². The highest BCUT2D eigenvalue weighted by Crippen LogP contribution is 2.26. The second-order valence-electron chi connectivity index (χ2n) is 5.98. The van der Waals surface area contributed by atoms with E-state index in [0.717, 1.165) is 28.5 Å². The van der Waals surface area contributed by atoms with Crippen molar-refractivity contribution in [2.75, 3.05) is 10.6 Å². The molecule has 4 heterocycles. The zero-order valence-corrected chi connectivity index (χ0v) is 15.4. The maximum Gasteiger partial charge on any atom is 0.222 e. The first-order valence-electron chi connectivity index (χ1n) is 8.50. The average Bonchev–Trinajstić information content (AvgIpc) is 3.24. The van der Waals surface area contributed by atoms with Crippen LogP contribution in [-0.2, 0) is 13.1 Å². The smallest absolute Gasteiger partial charge is 0.222 e. The number of aromatic nitrogens is 4. The van der Waals surface area contributed by atoms with E-state index in [4.69, 9.17) is 5.73 Å². The Hall–Kier alpha value is -3.32. The van der Waals surface area contributed by atoms with Gasteiger partial charge in [0.25, 0.3) is 0 Å². The van der Waals surface area contributed by atoms with E-state index in [1.165, 1.54) is 0 Å². The fourth-order valence-electron chi connectivity index (χ4n) is 2.77. The molecular weight excluding hydrogens is 356 g/mol. The number of hydrogen-bond donors (Lipinski definition) is 1. The molecule has 0 bridgehead atoms. The monoisotopic (exact) mass is 374 g/mol. The number of rotatable bonds is 6. The highest BCUT2D eigenvalue weighted by Gasteiger charge is 2.14. The minimum Gasteiger partial charge on any atom is -0.368 e. The van der Waals surface area contributed by atoms with Crippen LogP contribution in [-0.4, -0.2) is 19.9 Å². The maximum absolute atomic E-state index is 6.01. The van der Waals surface area contributed by atoms with Crippen molar-refractivity contribution in [3.63, 3.8) is 0 Å². The number of anilines is 2. The van der Waals surface area contributed by atoms with E-state index in [2.05, 4.69) is 24.8 Å². The molecule has 0 aliphatic rings. The van der Waals surface area contributed by atoms with Gasteiger partial charge in [0.05, 0.1) is 30.2 Å². The van der Waals surface area contributed by atoms with Crippen molar-refractivity contribution in [2.45, 2.75) is 13.1 Å². The molecular formula is C20H18N6S. The van der Waals surface area contributed by atoms with Crippen LogP contribution in [0.3, 0.4) is 0 Å². The van der Waals surface area contributed by atoms with Crippen LogP contribution in [0.5, 0.6) is 0 Å². The predicted molar refractivity (Wildman–Crippen MR) is 108 cm³/mol. The van der Waals surface area contributed by atoms with Gasteiger partial charge in [-0.05, 0) is 35.7 Å². The van der Waals surface area contributed by atoms with Crippen LogP contribution >= 0.6 is 11.3 Å². The van der Waals surface area contributed by atoms with Gasteiger partial charge in [-0.1, -0.05) is 12.1 Å². The summed E-state index contributed by atoms with van der Waals surface area (Å²) < 4.78 is 0. The van der Waals surface area contributed by atoms with Crippen LogP contribution in [0.2, 0.25) is 0 Å². The first kappa shape index (κ1) is 17.1. The number of nitrogens with zero attached hydrogens (tertiary/aromatic N) is 5. The van der Waals surface area contributed by atoms with E-state index in [0.29, 0.717) is 13.1 Å². The van der Waals surface area contributed by atoms with Gasteiger partial charge in [0.2, 0.25) is 5.95 Å². The number of pyridine rings is 2. The molecule has 27 heavy (non-hydrogen) atoms. The largest absolute Gasteiger partial charge is 0.368 e. The summed E-state index contributed by atoms with van der Waals surface area (Å²) in [6.45, 7) is 1.19. The third-order valence-corrected chi connectivity index (χ3v) is 4.71. The molecule has 4 aromatic heterocycles. The molecule has 0 unspecified atom stereocenters. The first-order valence-corrected chi connectivity index (χ1v) is 9.44. The second-order valence-corrected chi connectivity index (χ2v) is 6.76. The van der Waals surface area contributed by atoms with Gasteiger partial charge >= 0.3 is 0 Å². The molecule has 0 spiro atoms.